The Morgan fingerprint density at radius 2 is 2.00 bits per heavy atom. The van der Waals surface area contributed by atoms with Crippen molar-refractivity contribution in [1.82, 2.24) is 15.5 Å². The number of hydrogen-bond acceptors (Lipinski definition) is 4. The summed E-state index contributed by atoms with van der Waals surface area (Å²) < 4.78 is 5.81. The quantitative estimate of drug-likeness (QED) is 0.779. The Morgan fingerprint density at radius 3 is 2.57 bits per heavy atom. The van der Waals surface area contributed by atoms with Crippen LogP contribution in [-0.2, 0) is 9.53 Å². The molecular formula is C18H35N3O2. The minimum Gasteiger partial charge on any atom is -0.373 e. The summed E-state index contributed by atoms with van der Waals surface area (Å²) in [5, 5.41) is 6.63. The van der Waals surface area contributed by atoms with Crippen LogP contribution in [0.3, 0.4) is 0 Å². The van der Waals surface area contributed by atoms with E-state index in [9.17, 15) is 4.79 Å². The van der Waals surface area contributed by atoms with E-state index in [1.807, 2.05) is 0 Å². The molecule has 0 spiro atoms. The minimum atomic E-state index is -0.0479. The Balaban J connectivity index is 1.82. The van der Waals surface area contributed by atoms with E-state index in [1.54, 1.807) is 0 Å². The highest BCUT2D eigenvalue weighted by Crippen LogP contribution is 2.19. The van der Waals surface area contributed by atoms with Gasteiger partial charge in [-0.25, -0.2) is 0 Å². The predicted molar refractivity (Wildman–Crippen MR) is 93.4 cm³/mol. The molecule has 0 saturated carbocycles. The molecule has 2 aliphatic heterocycles. The molecule has 0 aromatic rings. The van der Waals surface area contributed by atoms with Gasteiger partial charge in [0.2, 0.25) is 5.91 Å². The van der Waals surface area contributed by atoms with Crippen LogP contribution in [0.25, 0.3) is 0 Å². The van der Waals surface area contributed by atoms with Crippen molar-refractivity contribution in [2.75, 3.05) is 32.7 Å². The maximum absolute atomic E-state index is 12.7. The van der Waals surface area contributed by atoms with Crippen LogP contribution in [-0.4, -0.2) is 61.8 Å². The van der Waals surface area contributed by atoms with Gasteiger partial charge in [-0.15, -0.1) is 0 Å². The highest BCUT2D eigenvalue weighted by atomic mass is 16.5. The van der Waals surface area contributed by atoms with Crippen LogP contribution in [0.1, 0.15) is 47.0 Å². The lowest BCUT2D eigenvalue weighted by atomic mass is 9.96. The number of nitrogens with zero attached hydrogens (tertiary/aromatic N) is 1. The molecule has 4 atom stereocenters. The number of nitrogens with one attached hydrogen (secondary N) is 2. The monoisotopic (exact) mass is 325 g/mol. The van der Waals surface area contributed by atoms with Crippen LogP contribution in [0.5, 0.6) is 0 Å². The van der Waals surface area contributed by atoms with Gasteiger partial charge < -0.3 is 15.4 Å². The number of hydrogen-bond donors (Lipinski definition) is 2. The fraction of sp³-hybridized carbons (Fsp3) is 0.944. The van der Waals surface area contributed by atoms with Crippen LogP contribution in [0.4, 0.5) is 0 Å². The van der Waals surface area contributed by atoms with E-state index in [4.69, 9.17) is 4.74 Å². The normalized spacial score (nSPS) is 31.1. The molecule has 0 aromatic carbocycles. The van der Waals surface area contributed by atoms with Gasteiger partial charge in [-0.2, -0.15) is 0 Å². The van der Waals surface area contributed by atoms with E-state index < -0.39 is 0 Å². The topological polar surface area (TPSA) is 53.6 Å². The SMILES string of the molecule is CC1CN(C(C(=O)NCCC2CCCNC2)C(C)C)CC(C)O1. The van der Waals surface area contributed by atoms with Crippen LogP contribution in [0, 0.1) is 11.8 Å². The number of rotatable bonds is 6. The zero-order chi connectivity index (χ0) is 16.8. The number of piperidine rings is 1. The number of amides is 1. The summed E-state index contributed by atoms with van der Waals surface area (Å²) in [6.07, 6.45) is 4.02. The average molecular weight is 325 g/mol. The highest BCUT2D eigenvalue weighted by Gasteiger charge is 2.34. The van der Waals surface area contributed by atoms with E-state index in [1.165, 1.54) is 12.8 Å². The first kappa shape index (κ1) is 18.7. The van der Waals surface area contributed by atoms with Crippen LogP contribution >= 0.6 is 0 Å². The Labute approximate surface area is 141 Å². The zero-order valence-electron chi connectivity index (χ0n) is 15.3. The molecule has 2 aliphatic rings. The average Bonchev–Trinajstić information content (AvgIpc) is 2.47. The lowest BCUT2D eigenvalue weighted by Crippen LogP contribution is -2.57. The third kappa shape index (κ3) is 5.73. The summed E-state index contributed by atoms with van der Waals surface area (Å²) in [4.78, 5) is 15.0. The molecule has 5 nitrogen and oxygen atoms in total. The van der Waals surface area contributed by atoms with E-state index in [2.05, 4.69) is 43.2 Å². The summed E-state index contributed by atoms with van der Waals surface area (Å²) in [6, 6.07) is -0.0479. The van der Waals surface area contributed by atoms with Crippen LogP contribution in [0.2, 0.25) is 0 Å². The summed E-state index contributed by atoms with van der Waals surface area (Å²) in [6.45, 7) is 13.2. The van der Waals surface area contributed by atoms with Crippen molar-refractivity contribution < 1.29 is 9.53 Å². The molecule has 0 radical (unpaired) electrons. The van der Waals surface area contributed by atoms with Gasteiger partial charge in [-0.3, -0.25) is 9.69 Å². The van der Waals surface area contributed by atoms with Gasteiger partial charge >= 0.3 is 0 Å². The molecule has 2 rings (SSSR count). The Bertz CT molecular complexity index is 359. The second-order valence-electron chi connectivity index (χ2n) is 7.69. The van der Waals surface area contributed by atoms with Gasteiger partial charge in [0.25, 0.3) is 0 Å². The Morgan fingerprint density at radius 1 is 1.30 bits per heavy atom. The molecular weight excluding hydrogens is 290 g/mol. The van der Waals surface area contributed by atoms with Crippen LogP contribution in [0.15, 0.2) is 0 Å². The van der Waals surface area contributed by atoms with E-state index >= 15 is 0 Å². The molecule has 2 fully saturated rings. The molecule has 2 N–H and O–H groups in total. The van der Waals surface area contributed by atoms with Gasteiger partial charge in [-0.1, -0.05) is 13.8 Å². The summed E-state index contributed by atoms with van der Waals surface area (Å²) in [5.74, 6) is 1.21. The number of carbonyl (C=O) groups is 1. The van der Waals surface area contributed by atoms with Gasteiger partial charge in [0.05, 0.1) is 18.2 Å². The number of carbonyl (C=O) groups excluding carboxylic acids is 1. The second kappa shape index (κ2) is 9.00. The summed E-state index contributed by atoms with van der Waals surface area (Å²) in [7, 11) is 0. The standard InChI is InChI=1S/C18H35N3O2/c1-13(2)17(21-11-14(3)23-15(4)12-21)18(22)20-9-7-16-6-5-8-19-10-16/h13-17,19H,5-12H2,1-4H3,(H,20,22). The highest BCUT2D eigenvalue weighted by molar-refractivity contribution is 5.82. The third-order valence-electron chi connectivity index (χ3n) is 4.99. The second-order valence-corrected chi connectivity index (χ2v) is 7.69. The molecule has 4 unspecified atom stereocenters. The van der Waals surface area contributed by atoms with Crippen molar-refractivity contribution in [1.29, 1.82) is 0 Å². The lowest BCUT2D eigenvalue weighted by molar-refractivity contribution is -0.135. The predicted octanol–water partition coefficient (Wildman–Crippen LogP) is 1.63. The molecule has 134 valence electrons. The van der Waals surface area contributed by atoms with Crippen molar-refractivity contribution in [3.63, 3.8) is 0 Å². The smallest absolute Gasteiger partial charge is 0.237 e. The fourth-order valence-corrected chi connectivity index (χ4v) is 4.01. The van der Waals surface area contributed by atoms with E-state index in [0.717, 1.165) is 39.1 Å². The van der Waals surface area contributed by atoms with Crippen LogP contribution < -0.4 is 10.6 Å². The van der Waals surface area contributed by atoms with Gasteiger partial charge in [-0.05, 0) is 58.0 Å². The minimum absolute atomic E-state index is 0.0479. The maximum atomic E-state index is 12.7. The first-order valence-corrected chi connectivity index (χ1v) is 9.35. The first-order valence-electron chi connectivity index (χ1n) is 9.35. The Kier molecular flexibility index (Phi) is 7.31. The molecule has 2 heterocycles. The Hall–Kier alpha value is -0.650. The summed E-state index contributed by atoms with van der Waals surface area (Å²) in [5.41, 5.74) is 0. The van der Waals surface area contributed by atoms with E-state index in [0.29, 0.717) is 11.8 Å². The maximum Gasteiger partial charge on any atom is 0.237 e. The summed E-state index contributed by atoms with van der Waals surface area (Å²) >= 11 is 0. The zero-order valence-corrected chi connectivity index (χ0v) is 15.3. The molecule has 23 heavy (non-hydrogen) atoms. The molecule has 0 aromatic heterocycles. The van der Waals surface area contributed by atoms with Crippen molar-refractivity contribution >= 4 is 5.91 Å². The van der Waals surface area contributed by atoms with Gasteiger partial charge in [0, 0.05) is 19.6 Å². The van der Waals surface area contributed by atoms with Crippen molar-refractivity contribution in [3.05, 3.63) is 0 Å². The van der Waals surface area contributed by atoms with Gasteiger partial charge in [0.15, 0.2) is 0 Å². The van der Waals surface area contributed by atoms with Crippen molar-refractivity contribution in [3.8, 4) is 0 Å². The number of ether oxygens (including phenoxy) is 1. The third-order valence-corrected chi connectivity index (χ3v) is 4.99. The largest absolute Gasteiger partial charge is 0.373 e. The molecule has 5 heteroatoms. The molecule has 0 aliphatic carbocycles. The molecule has 0 bridgehead atoms. The molecule has 2 saturated heterocycles. The lowest BCUT2D eigenvalue weighted by Gasteiger charge is -2.41. The fourth-order valence-electron chi connectivity index (χ4n) is 4.01. The van der Waals surface area contributed by atoms with Gasteiger partial charge in [0.1, 0.15) is 0 Å². The van der Waals surface area contributed by atoms with Crippen molar-refractivity contribution in [2.24, 2.45) is 11.8 Å². The van der Waals surface area contributed by atoms with E-state index in [-0.39, 0.29) is 24.2 Å². The molecule has 1 amide bonds. The van der Waals surface area contributed by atoms with Crippen molar-refractivity contribution in [2.45, 2.75) is 65.2 Å². The first-order chi connectivity index (χ1) is 11.0. The number of morpholine rings is 1.